The van der Waals surface area contributed by atoms with Gasteiger partial charge in [0.15, 0.2) is 11.5 Å². The Kier molecular flexibility index (Phi) is 9.50. The second-order valence-corrected chi connectivity index (χ2v) is 12.4. The molecule has 0 aromatic heterocycles. The van der Waals surface area contributed by atoms with Crippen molar-refractivity contribution in [2.75, 3.05) is 61.8 Å². The molecule has 232 valence electrons. The summed E-state index contributed by atoms with van der Waals surface area (Å²) >= 11 is 0. The Morgan fingerprint density at radius 3 is 2.23 bits per heavy atom. The number of anilines is 2. The van der Waals surface area contributed by atoms with E-state index in [1.54, 1.807) is 35.2 Å². The fraction of sp³-hybridized carbons (Fsp3) is 0.344. The summed E-state index contributed by atoms with van der Waals surface area (Å²) in [5.41, 5.74) is 3.50. The van der Waals surface area contributed by atoms with Crippen molar-refractivity contribution in [2.24, 2.45) is 4.99 Å². The van der Waals surface area contributed by atoms with Gasteiger partial charge in [0.1, 0.15) is 12.5 Å². The third-order valence-electron chi connectivity index (χ3n) is 7.43. The number of sulfonamides is 1. The van der Waals surface area contributed by atoms with Crippen LogP contribution in [-0.2, 0) is 19.6 Å². The van der Waals surface area contributed by atoms with E-state index >= 15 is 0 Å². The number of ether oxygens (including phenoxy) is 2. The Morgan fingerprint density at radius 2 is 1.61 bits per heavy atom. The smallest absolute Gasteiger partial charge is 0.243 e. The first-order valence-electron chi connectivity index (χ1n) is 14.6. The molecule has 3 aromatic carbocycles. The minimum atomic E-state index is -3.74. The van der Waals surface area contributed by atoms with Crippen molar-refractivity contribution in [1.82, 2.24) is 10.2 Å². The molecule has 3 aromatic rings. The fourth-order valence-electron chi connectivity index (χ4n) is 5.35. The molecule has 2 amide bonds. The minimum Gasteiger partial charge on any atom is -0.490 e. The van der Waals surface area contributed by atoms with E-state index in [2.05, 4.69) is 10.6 Å². The Morgan fingerprint density at radius 1 is 0.977 bits per heavy atom. The molecule has 0 saturated carbocycles. The van der Waals surface area contributed by atoms with E-state index in [1.807, 2.05) is 50.2 Å². The lowest BCUT2D eigenvalue weighted by molar-refractivity contribution is -0.130. The number of nitrogens with zero attached hydrogens (tertiary/aromatic N) is 3. The van der Waals surface area contributed by atoms with Gasteiger partial charge < -0.3 is 25.0 Å². The zero-order chi connectivity index (χ0) is 31.3. The van der Waals surface area contributed by atoms with Gasteiger partial charge in [-0.15, -0.1) is 0 Å². The molecule has 2 aliphatic rings. The summed E-state index contributed by atoms with van der Waals surface area (Å²) in [5, 5.41) is 6.16. The number of amides is 2. The molecule has 5 rings (SSSR count). The van der Waals surface area contributed by atoms with Gasteiger partial charge >= 0.3 is 0 Å². The van der Waals surface area contributed by atoms with Crippen molar-refractivity contribution in [3.8, 4) is 11.5 Å². The molecule has 0 radical (unpaired) electrons. The molecule has 12 heteroatoms. The number of fused-ring (bicyclic) bond motifs is 1. The summed E-state index contributed by atoms with van der Waals surface area (Å²) < 4.78 is 38.1. The van der Waals surface area contributed by atoms with E-state index < -0.39 is 15.9 Å². The van der Waals surface area contributed by atoms with Gasteiger partial charge in [-0.25, -0.2) is 8.42 Å². The van der Waals surface area contributed by atoms with Gasteiger partial charge in [0, 0.05) is 37.9 Å². The Labute approximate surface area is 257 Å². The average Bonchev–Trinajstić information content (AvgIpc) is 3.33. The quantitative estimate of drug-likeness (QED) is 0.314. The van der Waals surface area contributed by atoms with Gasteiger partial charge in [-0.05, 0) is 55.3 Å². The van der Waals surface area contributed by atoms with Crippen LogP contribution in [0.3, 0.4) is 0 Å². The summed E-state index contributed by atoms with van der Waals surface area (Å²) in [5.74, 6) is -0.123. The largest absolute Gasteiger partial charge is 0.490 e. The topological polar surface area (TPSA) is 130 Å². The third kappa shape index (κ3) is 6.87. The lowest BCUT2D eigenvalue weighted by Gasteiger charge is -2.30. The molecule has 1 saturated heterocycles. The van der Waals surface area contributed by atoms with Crippen molar-refractivity contribution in [3.05, 3.63) is 77.9 Å². The highest BCUT2D eigenvalue weighted by Gasteiger charge is 2.37. The molecule has 2 N–H and O–H groups in total. The van der Waals surface area contributed by atoms with Crippen LogP contribution in [-0.4, -0.2) is 83.0 Å². The number of hydrogen-bond donors (Lipinski definition) is 2. The number of carbonyl (C=O) groups excluding carboxylic acids is 2. The number of hydrogen-bond acceptors (Lipinski definition) is 8. The zero-order valence-electron chi connectivity index (χ0n) is 25.1. The molecule has 1 unspecified atom stereocenters. The van der Waals surface area contributed by atoms with Crippen molar-refractivity contribution >= 4 is 44.6 Å². The standard InChI is InChI=1S/C32H37N5O6S/c1-4-42-27-19-25-26(20-28(27)43-5-2)35-32(39)30(25)31(22-9-7-6-8-10-22)34-23-11-13-24(14-12-23)37(44(3,40)41)21-29(38)36-17-15-33-16-18-36/h6-14,19-20,30,33H,4-5,15-18,21H2,1-3H3,(H,35,39). The van der Waals surface area contributed by atoms with Crippen LogP contribution in [0.4, 0.5) is 17.1 Å². The first-order valence-corrected chi connectivity index (χ1v) is 16.5. The van der Waals surface area contributed by atoms with Crippen LogP contribution in [0.5, 0.6) is 11.5 Å². The lowest BCUT2D eigenvalue weighted by atomic mass is 9.90. The van der Waals surface area contributed by atoms with Gasteiger partial charge in [-0.2, -0.15) is 0 Å². The normalized spacial score (nSPS) is 16.7. The summed E-state index contributed by atoms with van der Waals surface area (Å²) in [7, 11) is -3.74. The summed E-state index contributed by atoms with van der Waals surface area (Å²) in [6.45, 7) is 6.77. The fourth-order valence-corrected chi connectivity index (χ4v) is 6.20. The molecular formula is C32H37N5O6S. The van der Waals surface area contributed by atoms with E-state index in [4.69, 9.17) is 14.5 Å². The maximum absolute atomic E-state index is 13.5. The van der Waals surface area contributed by atoms with Gasteiger partial charge in [0.05, 0.1) is 36.6 Å². The monoisotopic (exact) mass is 619 g/mol. The number of piperazine rings is 1. The molecule has 11 nitrogen and oxygen atoms in total. The van der Waals surface area contributed by atoms with Gasteiger partial charge in [-0.3, -0.25) is 18.9 Å². The van der Waals surface area contributed by atoms with E-state index in [1.165, 1.54) is 0 Å². The second-order valence-electron chi connectivity index (χ2n) is 10.5. The van der Waals surface area contributed by atoms with Crippen LogP contribution in [0.25, 0.3) is 0 Å². The first kappa shape index (κ1) is 31.0. The summed E-state index contributed by atoms with van der Waals surface area (Å²) in [6, 6.07) is 19.7. The maximum atomic E-state index is 13.5. The predicted molar refractivity (Wildman–Crippen MR) is 171 cm³/mol. The van der Waals surface area contributed by atoms with Crippen LogP contribution in [0.1, 0.15) is 30.9 Å². The van der Waals surface area contributed by atoms with Crippen molar-refractivity contribution in [1.29, 1.82) is 0 Å². The Balaban J connectivity index is 1.50. The Bertz CT molecular complexity index is 1640. The lowest BCUT2D eigenvalue weighted by Crippen LogP contribution is -2.50. The molecule has 44 heavy (non-hydrogen) atoms. The van der Waals surface area contributed by atoms with Crippen LogP contribution in [0.15, 0.2) is 71.7 Å². The van der Waals surface area contributed by atoms with Crippen LogP contribution in [0.2, 0.25) is 0 Å². The van der Waals surface area contributed by atoms with Gasteiger partial charge in [0.2, 0.25) is 21.8 Å². The van der Waals surface area contributed by atoms with Crippen molar-refractivity contribution < 1.29 is 27.5 Å². The average molecular weight is 620 g/mol. The van der Waals surface area contributed by atoms with Crippen LogP contribution >= 0.6 is 0 Å². The highest BCUT2D eigenvalue weighted by molar-refractivity contribution is 7.92. The number of benzene rings is 3. The molecule has 1 atom stereocenters. The second kappa shape index (κ2) is 13.5. The van der Waals surface area contributed by atoms with Crippen molar-refractivity contribution in [2.45, 2.75) is 19.8 Å². The number of carbonyl (C=O) groups is 2. The Hall–Kier alpha value is -4.42. The SMILES string of the molecule is CCOc1cc2c(cc1OCC)C(C(=Nc1ccc(N(CC(=O)N3CCNCC3)S(C)(=O)=O)cc1)c1ccccc1)C(=O)N2. The van der Waals surface area contributed by atoms with Gasteiger partial charge in [-0.1, -0.05) is 30.3 Å². The molecule has 2 aliphatic heterocycles. The summed E-state index contributed by atoms with van der Waals surface area (Å²) in [4.78, 5) is 33.0. The maximum Gasteiger partial charge on any atom is 0.243 e. The van der Waals surface area contributed by atoms with E-state index in [-0.39, 0.29) is 18.4 Å². The number of aliphatic imine (C=N–C) groups is 1. The van der Waals surface area contributed by atoms with E-state index in [0.717, 1.165) is 21.7 Å². The van der Waals surface area contributed by atoms with E-state index in [9.17, 15) is 18.0 Å². The summed E-state index contributed by atoms with van der Waals surface area (Å²) in [6.07, 6.45) is 1.08. The molecule has 0 aliphatic carbocycles. The van der Waals surface area contributed by atoms with Crippen LogP contribution in [0, 0.1) is 0 Å². The number of rotatable bonds is 11. The van der Waals surface area contributed by atoms with Gasteiger partial charge in [0.25, 0.3) is 0 Å². The molecule has 2 heterocycles. The minimum absolute atomic E-state index is 0.231. The highest BCUT2D eigenvalue weighted by atomic mass is 32.2. The van der Waals surface area contributed by atoms with E-state index in [0.29, 0.717) is 73.7 Å². The molecule has 0 bridgehead atoms. The zero-order valence-corrected chi connectivity index (χ0v) is 25.9. The van der Waals surface area contributed by atoms with Crippen molar-refractivity contribution in [3.63, 3.8) is 0 Å². The highest BCUT2D eigenvalue weighted by Crippen LogP contribution is 2.43. The predicted octanol–water partition coefficient (Wildman–Crippen LogP) is 3.54. The molecule has 0 spiro atoms. The molecule has 1 fully saturated rings. The van der Waals surface area contributed by atoms with Crippen LogP contribution < -0.4 is 24.4 Å². The first-order chi connectivity index (χ1) is 21.2. The number of nitrogens with one attached hydrogen (secondary N) is 2. The third-order valence-corrected chi connectivity index (χ3v) is 8.57. The molecular weight excluding hydrogens is 582 g/mol.